The minimum atomic E-state index is -1.10. The number of H-pyrrole nitrogens is 1. The van der Waals surface area contributed by atoms with Crippen LogP contribution in [0.15, 0.2) is 47.3 Å². The van der Waals surface area contributed by atoms with Crippen LogP contribution in [0.3, 0.4) is 0 Å². The lowest BCUT2D eigenvalue weighted by molar-refractivity contribution is 0.0190. The lowest BCUT2D eigenvalue weighted by Gasteiger charge is -2.34. The van der Waals surface area contributed by atoms with E-state index in [1.807, 2.05) is 12.1 Å². The van der Waals surface area contributed by atoms with E-state index >= 15 is 0 Å². The molecule has 1 aliphatic heterocycles. The SMILES string of the molecule is CC1(COc2ccc(Cc3sc(=O)[nH]c3O)cc2)CC(=O)c2cc(C(=O)O)ccc2O1. The lowest BCUT2D eigenvalue weighted by atomic mass is 9.91. The average molecular weight is 441 g/mol. The number of carboxylic acid groups (broad SMARTS) is 1. The summed E-state index contributed by atoms with van der Waals surface area (Å²) in [5, 5.41) is 18.8. The fourth-order valence-corrected chi connectivity index (χ4v) is 4.14. The van der Waals surface area contributed by atoms with Gasteiger partial charge in [-0.1, -0.05) is 23.5 Å². The summed E-state index contributed by atoms with van der Waals surface area (Å²) in [6.45, 7) is 1.89. The number of benzene rings is 2. The molecule has 4 rings (SSSR count). The Morgan fingerprint density at radius 2 is 1.97 bits per heavy atom. The van der Waals surface area contributed by atoms with Gasteiger partial charge in [0.25, 0.3) is 0 Å². The highest BCUT2D eigenvalue weighted by molar-refractivity contribution is 7.09. The van der Waals surface area contributed by atoms with E-state index in [9.17, 15) is 19.5 Å². The molecule has 31 heavy (non-hydrogen) atoms. The Labute approximate surface area is 180 Å². The molecule has 1 atom stereocenters. The number of hydrogen-bond donors (Lipinski definition) is 3. The third-order valence-corrected chi connectivity index (χ3v) is 5.82. The molecule has 1 aromatic heterocycles. The Bertz CT molecular complexity index is 1210. The Morgan fingerprint density at radius 1 is 1.23 bits per heavy atom. The normalized spacial score (nSPS) is 17.6. The van der Waals surface area contributed by atoms with Crippen LogP contribution >= 0.6 is 11.3 Å². The first kappa shape index (κ1) is 20.7. The van der Waals surface area contributed by atoms with Crippen molar-refractivity contribution in [2.75, 3.05) is 6.61 Å². The van der Waals surface area contributed by atoms with Crippen LogP contribution in [-0.4, -0.2) is 39.2 Å². The van der Waals surface area contributed by atoms with E-state index in [2.05, 4.69) is 4.98 Å². The van der Waals surface area contributed by atoms with Gasteiger partial charge >= 0.3 is 10.8 Å². The number of rotatable bonds is 6. The highest BCUT2D eigenvalue weighted by Crippen LogP contribution is 2.34. The van der Waals surface area contributed by atoms with E-state index in [1.165, 1.54) is 18.2 Å². The molecule has 0 saturated carbocycles. The second-order valence-corrected chi connectivity index (χ2v) is 8.63. The Hall–Kier alpha value is -3.59. The smallest absolute Gasteiger partial charge is 0.335 e. The predicted octanol–water partition coefficient (Wildman–Crippen LogP) is 3.23. The summed E-state index contributed by atoms with van der Waals surface area (Å²) >= 11 is 0.966. The van der Waals surface area contributed by atoms with Gasteiger partial charge in [-0.15, -0.1) is 0 Å². The Morgan fingerprint density at radius 3 is 2.61 bits per heavy atom. The van der Waals surface area contributed by atoms with Crippen LogP contribution in [0.4, 0.5) is 0 Å². The van der Waals surface area contributed by atoms with Crippen molar-refractivity contribution in [2.24, 2.45) is 0 Å². The van der Waals surface area contributed by atoms with Crippen LogP contribution in [0.1, 0.15) is 44.5 Å². The number of fused-ring (bicyclic) bond motifs is 1. The quantitative estimate of drug-likeness (QED) is 0.536. The molecule has 0 amide bonds. The fraction of sp³-hybridized carbons (Fsp3) is 0.227. The van der Waals surface area contributed by atoms with E-state index in [1.54, 1.807) is 19.1 Å². The number of Topliss-reactive ketones (excluding diaryl/α,β-unsaturated/α-hetero) is 1. The van der Waals surface area contributed by atoms with E-state index in [0.717, 1.165) is 16.9 Å². The summed E-state index contributed by atoms with van der Waals surface area (Å²) < 4.78 is 11.8. The zero-order valence-corrected chi connectivity index (χ0v) is 17.3. The largest absolute Gasteiger partial charge is 0.494 e. The number of ketones is 1. The second-order valence-electron chi connectivity index (χ2n) is 7.56. The van der Waals surface area contributed by atoms with Crippen molar-refractivity contribution in [3.05, 3.63) is 73.7 Å². The summed E-state index contributed by atoms with van der Waals surface area (Å²) in [6.07, 6.45) is 0.479. The first-order chi connectivity index (χ1) is 14.7. The number of carboxylic acids is 1. The number of ether oxygens (including phenoxy) is 2. The van der Waals surface area contributed by atoms with Crippen molar-refractivity contribution in [3.8, 4) is 17.4 Å². The van der Waals surface area contributed by atoms with E-state index in [-0.39, 0.29) is 40.7 Å². The predicted molar refractivity (Wildman–Crippen MR) is 113 cm³/mol. The molecule has 0 spiro atoms. The van der Waals surface area contributed by atoms with Gasteiger partial charge in [0.1, 0.15) is 23.7 Å². The molecular weight excluding hydrogens is 422 g/mol. The first-order valence-corrected chi connectivity index (χ1v) is 10.3. The molecule has 1 unspecified atom stereocenters. The molecule has 0 saturated heterocycles. The van der Waals surface area contributed by atoms with Gasteiger partial charge in [0.15, 0.2) is 5.78 Å². The summed E-state index contributed by atoms with van der Waals surface area (Å²) in [6, 6.07) is 11.4. The summed E-state index contributed by atoms with van der Waals surface area (Å²) in [5.74, 6) is -0.488. The number of thiazole rings is 1. The van der Waals surface area contributed by atoms with Gasteiger partial charge in [-0.3, -0.25) is 14.6 Å². The number of carbonyl (C=O) groups excluding carboxylic acids is 1. The van der Waals surface area contributed by atoms with Gasteiger partial charge in [0, 0.05) is 6.42 Å². The third kappa shape index (κ3) is 4.46. The van der Waals surface area contributed by atoms with Crippen LogP contribution in [0.2, 0.25) is 0 Å². The molecule has 3 aromatic rings. The van der Waals surface area contributed by atoms with Gasteiger partial charge < -0.3 is 19.7 Å². The van der Waals surface area contributed by atoms with Crippen LogP contribution in [-0.2, 0) is 6.42 Å². The average Bonchev–Trinajstić information content (AvgIpc) is 3.04. The Balaban J connectivity index is 1.42. The standard InChI is InChI=1S/C22H19NO7S/c1-22(10-16(24)15-9-13(20(26)27)4-7-17(15)30-22)11-29-14-5-2-12(3-6-14)8-18-19(25)23-21(28)31-18/h2-7,9,25H,8,10-11H2,1H3,(H,23,28)(H,26,27). The summed E-state index contributed by atoms with van der Waals surface area (Å²) in [7, 11) is 0. The van der Waals surface area contributed by atoms with Crippen molar-refractivity contribution in [3.63, 3.8) is 0 Å². The van der Waals surface area contributed by atoms with Crippen molar-refractivity contribution >= 4 is 23.1 Å². The molecule has 0 bridgehead atoms. The number of hydrogen-bond acceptors (Lipinski definition) is 7. The third-order valence-electron chi connectivity index (χ3n) is 4.95. The van der Waals surface area contributed by atoms with Crippen LogP contribution in [0.5, 0.6) is 17.4 Å². The van der Waals surface area contributed by atoms with Crippen molar-refractivity contribution in [1.29, 1.82) is 0 Å². The molecule has 160 valence electrons. The highest BCUT2D eigenvalue weighted by Gasteiger charge is 2.37. The van der Waals surface area contributed by atoms with Gasteiger partial charge in [0.05, 0.1) is 22.4 Å². The summed E-state index contributed by atoms with van der Waals surface area (Å²) in [5.41, 5.74) is 0.306. The molecule has 0 aliphatic carbocycles. The topological polar surface area (TPSA) is 126 Å². The number of aromatic amines is 1. The molecule has 2 heterocycles. The maximum atomic E-state index is 12.6. The number of aromatic hydroxyl groups is 1. The monoisotopic (exact) mass is 441 g/mol. The van der Waals surface area contributed by atoms with E-state index in [4.69, 9.17) is 14.6 Å². The molecule has 3 N–H and O–H groups in total. The zero-order chi connectivity index (χ0) is 22.2. The lowest BCUT2D eigenvalue weighted by Crippen LogP contribution is -2.44. The molecular formula is C22H19NO7S. The fourth-order valence-electron chi connectivity index (χ4n) is 3.38. The number of aromatic carboxylic acids is 1. The highest BCUT2D eigenvalue weighted by atomic mass is 32.1. The van der Waals surface area contributed by atoms with Crippen LogP contribution < -0.4 is 14.3 Å². The minimum absolute atomic E-state index is 0.0378. The maximum Gasteiger partial charge on any atom is 0.335 e. The Kier molecular flexibility index (Phi) is 5.28. The number of aromatic nitrogens is 1. The molecule has 0 fully saturated rings. The molecule has 8 nitrogen and oxygen atoms in total. The van der Waals surface area contributed by atoms with Crippen molar-refractivity contribution in [1.82, 2.24) is 4.98 Å². The molecule has 2 aromatic carbocycles. The van der Waals surface area contributed by atoms with E-state index < -0.39 is 11.6 Å². The minimum Gasteiger partial charge on any atom is -0.494 e. The van der Waals surface area contributed by atoms with Crippen molar-refractivity contribution in [2.45, 2.75) is 25.4 Å². The van der Waals surface area contributed by atoms with Gasteiger partial charge in [0.2, 0.25) is 5.88 Å². The zero-order valence-electron chi connectivity index (χ0n) is 16.5. The number of nitrogens with one attached hydrogen (secondary N) is 1. The van der Waals surface area contributed by atoms with Gasteiger partial charge in [-0.25, -0.2) is 4.79 Å². The van der Waals surface area contributed by atoms with Crippen LogP contribution in [0, 0.1) is 0 Å². The number of carbonyl (C=O) groups is 2. The molecule has 0 radical (unpaired) electrons. The van der Waals surface area contributed by atoms with Crippen molar-refractivity contribution < 1.29 is 29.3 Å². The van der Waals surface area contributed by atoms with Gasteiger partial charge in [-0.2, -0.15) is 0 Å². The summed E-state index contributed by atoms with van der Waals surface area (Å²) in [4.78, 5) is 37.6. The first-order valence-electron chi connectivity index (χ1n) is 9.45. The second kappa shape index (κ2) is 7.92. The molecule has 1 aliphatic rings. The van der Waals surface area contributed by atoms with E-state index in [0.29, 0.717) is 22.8 Å². The molecule has 9 heteroatoms. The maximum absolute atomic E-state index is 12.6. The van der Waals surface area contributed by atoms with Crippen LogP contribution in [0.25, 0.3) is 0 Å². The van der Waals surface area contributed by atoms with Gasteiger partial charge in [-0.05, 0) is 42.8 Å².